The molecule has 6 N–H and O–H groups in total. The van der Waals surface area contributed by atoms with Gasteiger partial charge in [0.05, 0.1) is 6.61 Å². The SMILES string of the molecule is CCCCCCCC/C=C\CCCCCCCC(=O)O.O=C(CO)C(O)C(O)C(O)CO. The largest absolute Gasteiger partial charge is 0.481 e. The molecule has 8 heteroatoms. The number of hydrogen-bond acceptors (Lipinski definition) is 7. The number of carboxylic acids is 1. The molecule has 0 aliphatic rings. The van der Waals surface area contributed by atoms with Gasteiger partial charge >= 0.3 is 5.97 Å². The number of Topliss-reactive ketones (excluding diaryl/α,β-unsaturated/α-hetero) is 1. The molecule has 0 amide bonds. The summed E-state index contributed by atoms with van der Waals surface area (Å²) in [5.41, 5.74) is 0. The Balaban J connectivity index is 0. The maximum Gasteiger partial charge on any atom is 0.303 e. The van der Waals surface area contributed by atoms with E-state index in [1.165, 1.54) is 70.6 Å². The molecule has 0 fully saturated rings. The Hall–Kier alpha value is -1.32. The average Bonchev–Trinajstić information content (AvgIpc) is 2.79. The van der Waals surface area contributed by atoms with Crippen LogP contribution in [0.2, 0.25) is 0 Å². The van der Waals surface area contributed by atoms with Gasteiger partial charge in [0, 0.05) is 6.42 Å². The van der Waals surface area contributed by atoms with Crippen LogP contribution in [0.1, 0.15) is 96.8 Å². The predicted molar refractivity (Wildman–Crippen MR) is 124 cm³/mol. The zero-order valence-electron chi connectivity index (χ0n) is 19.7. The van der Waals surface area contributed by atoms with E-state index in [0.717, 1.165) is 12.8 Å². The van der Waals surface area contributed by atoms with Gasteiger partial charge in [-0.05, 0) is 32.1 Å². The van der Waals surface area contributed by atoms with Crippen LogP contribution < -0.4 is 0 Å². The minimum atomic E-state index is -1.86. The molecule has 0 aliphatic carbocycles. The molecule has 0 aromatic heterocycles. The van der Waals surface area contributed by atoms with Gasteiger partial charge in [0.15, 0.2) is 5.78 Å². The van der Waals surface area contributed by atoms with E-state index in [1.807, 2.05) is 0 Å². The quantitative estimate of drug-likeness (QED) is 0.119. The molecule has 8 nitrogen and oxygen atoms in total. The van der Waals surface area contributed by atoms with Gasteiger partial charge in [0.2, 0.25) is 0 Å². The Labute approximate surface area is 193 Å². The molecule has 3 atom stereocenters. The van der Waals surface area contributed by atoms with Crippen molar-refractivity contribution in [2.45, 2.75) is 115 Å². The molecule has 0 heterocycles. The van der Waals surface area contributed by atoms with Crippen molar-refractivity contribution >= 4 is 11.8 Å². The Morgan fingerprint density at radius 2 is 1.22 bits per heavy atom. The third-order valence-electron chi connectivity index (χ3n) is 5.04. The number of aliphatic hydroxyl groups excluding tert-OH is 5. The molecular formula is C24H46O8. The van der Waals surface area contributed by atoms with Crippen molar-refractivity contribution in [1.29, 1.82) is 0 Å². The van der Waals surface area contributed by atoms with Crippen molar-refractivity contribution in [2.24, 2.45) is 0 Å². The molecule has 32 heavy (non-hydrogen) atoms. The number of aliphatic carboxylic acids is 1. The van der Waals surface area contributed by atoms with E-state index in [0.29, 0.717) is 6.42 Å². The predicted octanol–water partition coefficient (Wildman–Crippen LogP) is 2.73. The van der Waals surface area contributed by atoms with Crippen LogP contribution in [0.4, 0.5) is 0 Å². The first kappa shape index (κ1) is 32.9. The molecule has 190 valence electrons. The first-order chi connectivity index (χ1) is 15.3. The van der Waals surface area contributed by atoms with Gasteiger partial charge in [-0.2, -0.15) is 0 Å². The first-order valence-electron chi connectivity index (χ1n) is 12.0. The molecule has 0 bridgehead atoms. The van der Waals surface area contributed by atoms with Crippen molar-refractivity contribution in [2.75, 3.05) is 13.2 Å². The summed E-state index contributed by atoms with van der Waals surface area (Å²) < 4.78 is 0. The number of unbranched alkanes of at least 4 members (excludes halogenated alkanes) is 11. The summed E-state index contributed by atoms with van der Waals surface area (Å²) >= 11 is 0. The number of allylic oxidation sites excluding steroid dienone is 2. The van der Waals surface area contributed by atoms with Crippen molar-refractivity contribution in [3.63, 3.8) is 0 Å². The highest BCUT2D eigenvalue weighted by atomic mass is 16.4. The minimum absolute atomic E-state index is 0.332. The number of aliphatic hydroxyl groups is 5. The molecular weight excluding hydrogens is 416 g/mol. The van der Waals surface area contributed by atoms with E-state index < -0.39 is 43.3 Å². The van der Waals surface area contributed by atoms with Gasteiger partial charge in [-0.3, -0.25) is 9.59 Å². The summed E-state index contributed by atoms with van der Waals surface area (Å²) in [6, 6.07) is 0. The molecule has 0 radical (unpaired) electrons. The maximum atomic E-state index is 10.5. The van der Waals surface area contributed by atoms with E-state index in [2.05, 4.69) is 19.1 Å². The smallest absolute Gasteiger partial charge is 0.303 e. The second kappa shape index (κ2) is 24.3. The summed E-state index contributed by atoms with van der Waals surface area (Å²) in [6.45, 7) is 0.572. The van der Waals surface area contributed by atoms with E-state index in [4.69, 9.17) is 30.6 Å². The lowest BCUT2D eigenvalue weighted by Gasteiger charge is -2.19. The molecule has 0 rings (SSSR count). The van der Waals surface area contributed by atoms with Gasteiger partial charge < -0.3 is 30.6 Å². The van der Waals surface area contributed by atoms with Crippen LogP contribution in [0.25, 0.3) is 0 Å². The lowest BCUT2D eigenvalue weighted by molar-refractivity contribution is -0.142. The van der Waals surface area contributed by atoms with E-state index in [-0.39, 0.29) is 0 Å². The fourth-order valence-corrected chi connectivity index (χ4v) is 2.95. The highest BCUT2D eigenvalue weighted by Crippen LogP contribution is 2.09. The highest BCUT2D eigenvalue weighted by Gasteiger charge is 2.28. The van der Waals surface area contributed by atoms with Crippen LogP contribution in [0, 0.1) is 0 Å². The van der Waals surface area contributed by atoms with E-state index in [1.54, 1.807) is 0 Å². The van der Waals surface area contributed by atoms with Crippen LogP contribution in [-0.2, 0) is 9.59 Å². The highest BCUT2D eigenvalue weighted by molar-refractivity contribution is 5.84. The lowest BCUT2D eigenvalue weighted by Crippen LogP contribution is -2.44. The third kappa shape index (κ3) is 21.9. The second-order valence-corrected chi connectivity index (χ2v) is 8.04. The zero-order valence-corrected chi connectivity index (χ0v) is 19.7. The third-order valence-corrected chi connectivity index (χ3v) is 5.04. The average molecular weight is 463 g/mol. The molecule has 0 aromatic rings. The first-order valence-corrected chi connectivity index (χ1v) is 12.0. The second-order valence-electron chi connectivity index (χ2n) is 8.04. The number of hydrogen-bond donors (Lipinski definition) is 6. The van der Waals surface area contributed by atoms with Crippen LogP contribution >= 0.6 is 0 Å². The van der Waals surface area contributed by atoms with Crippen LogP contribution in [0.3, 0.4) is 0 Å². The van der Waals surface area contributed by atoms with Gasteiger partial charge in [-0.25, -0.2) is 0 Å². The molecule has 0 saturated heterocycles. The topological polar surface area (TPSA) is 156 Å². The number of carbonyl (C=O) groups excluding carboxylic acids is 1. The van der Waals surface area contributed by atoms with Gasteiger partial charge in [-0.15, -0.1) is 0 Å². The molecule has 0 saturated carbocycles. The van der Waals surface area contributed by atoms with Gasteiger partial charge in [0.1, 0.15) is 24.9 Å². The monoisotopic (exact) mass is 462 g/mol. The summed E-state index contributed by atoms with van der Waals surface area (Å²) in [5, 5.41) is 51.6. The molecule has 0 spiro atoms. The summed E-state index contributed by atoms with van der Waals surface area (Å²) in [5.74, 6) is -1.67. The van der Waals surface area contributed by atoms with Crippen LogP contribution in [0.5, 0.6) is 0 Å². The van der Waals surface area contributed by atoms with Crippen molar-refractivity contribution in [3.8, 4) is 0 Å². The number of carbonyl (C=O) groups is 2. The Kier molecular flexibility index (Phi) is 25.0. The Bertz CT molecular complexity index is 467. The van der Waals surface area contributed by atoms with Crippen molar-refractivity contribution < 1.29 is 40.2 Å². The Morgan fingerprint density at radius 1 is 0.750 bits per heavy atom. The summed E-state index contributed by atoms with van der Waals surface area (Å²) in [6.07, 6.45) is 16.0. The van der Waals surface area contributed by atoms with Crippen molar-refractivity contribution in [1.82, 2.24) is 0 Å². The van der Waals surface area contributed by atoms with E-state index in [9.17, 15) is 9.59 Å². The zero-order chi connectivity index (χ0) is 24.6. The lowest BCUT2D eigenvalue weighted by atomic mass is 10.1. The van der Waals surface area contributed by atoms with Gasteiger partial charge in [-0.1, -0.05) is 70.4 Å². The van der Waals surface area contributed by atoms with Crippen LogP contribution in [-0.4, -0.2) is 73.9 Å². The normalized spacial score (nSPS) is 13.9. The van der Waals surface area contributed by atoms with Crippen molar-refractivity contribution in [3.05, 3.63) is 12.2 Å². The summed E-state index contributed by atoms with van der Waals surface area (Å²) in [4.78, 5) is 20.8. The fourth-order valence-electron chi connectivity index (χ4n) is 2.95. The number of rotatable bonds is 20. The summed E-state index contributed by atoms with van der Waals surface area (Å²) in [7, 11) is 0. The molecule has 0 aliphatic heterocycles. The number of ketones is 1. The Morgan fingerprint density at radius 3 is 1.66 bits per heavy atom. The molecule has 3 unspecified atom stereocenters. The number of carboxylic acid groups (broad SMARTS) is 1. The standard InChI is InChI=1S/C18H34O2.C6H12O6/c1-2-3-4-5-6-7-8-9-10-11-12-13-14-15-16-17-18(19)20;7-1-3(9)5(11)6(12)4(10)2-8/h9-10H,2-8,11-17H2,1H3,(H,19,20);3,5-9,11-12H,1-2H2/b10-9-;. The fraction of sp³-hybridized carbons (Fsp3) is 0.833. The van der Waals surface area contributed by atoms with Gasteiger partial charge in [0.25, 0.3) is 0 Å². The minimum Gasteiger partial charge on any atom is -0.481 e. The maximum absolute atomic E-state index is 10.5. The van der Waals surface area contributed by atoms with E-state index >= 15 is 0 Å². The van der Waals surface area contributed by atoms with Crippen LogP contribution in [0.15, 0.2) is 12.2 Å². The molecule has 0 aromatic carbocycles.